The van der Waals surface area contributed by atoms with E-state index in [1.807, 2.05) is 12.1 Å². The van der Waals surface area contributed by atoms with Gasteiger partial charge in [0.25, 0.3) is 0 Å². The topological polar surface area (TPSA) is 58.2 Å². The van der Waals surface area contributed by atoms with Crippen molar-refractivity contribution in [3.05, 3.63) is 41.3 Å². The van der Waals surface area contributed by atoms with Crippen molar-refractivity contribution in [2.24, 2.45) is 5.92 Å². The molecule has 0 aliphatic heterocycles. The van der Waals surface area contributed by atoms with Crippen molar-refractivity contribution < 1.29 is 9.13 Å². The fourth-order valence-corrected chi connectivity index (χ4v) is 4.67. The lowest BCUT2D eigenvalue weighted by Crippen LogP contribution is -2.42. The predicted octanol–water partition coefficient (Wildman–Crippen LogP) is 5.71. The summed E-state index contributed by atoms with van der Waals surface area (Å²) in [4.78, 5) is 4.49. The van der Waals surface area contributed by atoms with E-state index in [0.717, 1.165) is 55.8 Å². The molecule has 5 nitrogen and oxygen atoms in total. The predicted molar refractivity (Wildman–Crippen MR) is 130 cm³/mol. The summed E-state index contributed by atoms with van der Waals surface area (Å²) in [6.07, 6.45) is 8.55. The highest BCUT2D eigenvalue weighted by atomic mass is 35.5. The average Bonchev–Trinajstić information content (AvgIpc) is 3.61. The van der Waals surface area contributed by atoms with E-state index in [1.54, 1.807) is 19.4 Å². The average molecular weight is 461 g/mol. The number of aromatic nitrogens is 1. The van der Waals surface area contributed by atoms with Gasteiger partial charge in [-0.25, -0.2) is 9.37 Å². The largest absolute Gasteiger partial charge is 0.383 e. The second-order valence-corrected chi connectivity index (χ2v) is 9.69. The van der Waals surface area contributed by atoms with Gasteiger partial charge < -0.3 is 20.7 Å². The fraction of sp³-hybridized carbons (Fsp3) is 0.560. The molecule has 1 heterocycles. The minimum atomic E-state index is -0.233. The molecule has 0 spiro atoms. The summed E-state index contributed by atoms with van der Waals surface area (Å²) in [7, 11) is 1.74. The summed E-state index contributed by atoms with van der Waals surface area (Å²) in [5.41, 5.74) is 2.29. The van der Waals surface area contributed by atoms with Crippen LogP contribution in [0.5, 0.6) is 0 Å². The van der Waals surface area contributed by atoms with Crippen LogP contribution in [0.1, 0.15) is 45.4 Å². The Morgan fingerprint density at radius 1 is 1.12 bits per heavy atom. The van der Waals surface area contributed by atoms with Gasteiger partial charge in [0.15, 0.2) is 0 Å². The maximum atomic E-state index is 14.3. The number of anilines is 2. The number of benzene rings is 1. The third-order valence-electron chi connectivity index (χ3n) is 6.43. The van der Waals surface area contributed by atoms with E-state index < -0.39 is 0 Å². The van der Waals surface area contributed by atoms with Crippen LogP contribution < -0.4 is 16.0 Å². The van der Waals surface area contributed by atoms with Gasteiger partial charge in [0.05, 0.1) is 17.3 Å². The molecule has 4 rings (SSSR count). The zero-order valence-corrected chi connectivity index (χ0v) is 19.7. The second-order valence-electron chi connectivity index (χ2n) is 9.28. The van der Waals surface area contributed by atoms with E-state index in [0.29, 0.717) is 34.8 Å². The monoisotopic (exact) mass is 460 g/mol. The molecule has 1 aromatic heterocycles. The highest BCUT2D eigenvalue weighted by Crippen LogP contribution is 2.34. The minimum Gasteiger partial charge on any atom is -0.383 e. The van der Waals surface area contributed by atoms with Crippen LogP contribution in [-0.4, -0.2) is 43.4 Å². The number of ether oxygens (including phenoxy) is 1. The maximum Gasteiger partial charge on any atom is 0.146 e. The van der Waals surface area contributed by atoms with Crippen molar-refractivity contribution in [3.8, 4) is 11.1 Å². The number of hydrogen-bond donors (Lipinski definition) is 3. The molecule has 0 bridgehead atoms. The molecule has 174 valence electrons. The highest BCUT2D eigenvalue weighted by molar-refractivity contribution is 6.33. The van der Waals surface area contributed by atoms with Gasteiger partial charge in [0.2, 0.25) is 0 Å². The van der Waals surface area contributed by atoms with E-state index in [4.69, 9.17) is 16.3 Å². The number of rotatable bonds is 10. The molecule has 0 radical (unpaired) electrons. The van der Waals surface area contributed by atoms with Crippen LogP contribution in [0.2, 0.25) is 5.02 Å². The molecule has 0 saturated heterocycles. The zero-order chi connectivity index (χ0) is 22.5. The molecule has 3 N–H and O–H groups in total. The second kappa shape index (κ2) is 10.8. The molecule has 0 unspecified atom stereocenters. The van der Waals surface area contributed by atoms with Crippen LogP contribution in [0.4, 0.5) is 15.9 Å². The maximum absolute atomic E-state index is 14.3. The summed E-state index contributed by atoms with van der Waals surface area (Å²) in [5.74, 6) is 1.25. The number of pyridine rings is 1. The van der Waals surface area contributed by atoms with Crippen LogP contribution in [0.15, 0.2) is 30.5 Å². The first-order valence-corrected chi connectivity index (χ1v) is 12.1. The Bertz CT molecular complexity index is 900. The number of nitrogens with zero attached hydrogens (tertiary/aromatic N) is 1. The lowest BCUT2D eigenvalue weighted by molar-refractivity contribution is 0.161. The van der Waals surface area contributed by atoms with Crippen molar-refractivity contribution in [2.45, 2.75) is 63.6 Å². The van der Waals surface area contributed by atoms with Gasteiger partial charge >= 0.3 is 0 Å². The van der Waals surface area contributed by atoms with Crippen molar-refractivity contribution >= 4 is 23.1 Å². The molecule has 2 fully saturated rings. The zero-order valence-electron chi connectivity index (χ0n) is 19.0. The van der Waals surface area contributed by atoms with Crippen LogP contribution >= 0.6 is 11.6 Å². The van der Waals surface area contributed by atoms with Crippen molar-refractivity contribution in [1.29, 1.82) is 0 Å². The molecule has 2 saturated carbocycles. The van der Waals surface area contributed by atoms with E-state index >= 15 is 0 Å². The number of hydrogen-bond acceptors (Lipinski definition) is 5. The van der Waals surface area contributed by atoms with Crippen LogP contribution in [-0.2, 0) is 4.74 Å². The first kappa shape index (κ1) is 23.3. The SMILES string of the molecule is COC[C@@H](C)N[C@H]1CC[C@H](Nc2cc(-c3ccc(F)c(NCC4CC4)c3)c(Cl)cn2)CC1. The third kappa shape index (κ3) is 6.33. The van der Waals surface area contributed by atoms with Gasteiger partial charge in [0, 0.05) is 43.5 Å². The first-order valence-electron chi connectivity index (χ1n) is 11.7. The summed E-state index contributed by atoms with van der Waals surface area (Å²) in [6.45, 7) is 3.71. The normalized spacial score (nSPS) is 21.9. The number of methoxy groups -OCH3 is 1. The fourth-order valence-electron chi connectivity index (χ4n) is 4.46. The smallest absolute Gasteiger partial charge is 0.146 e. The van der Waals surface area contributed by atoms with Crippen molar-refractivity contribution in [1.82, 2.24) is 10.3 Å². The molecule has 2 aliphatic carbocycles. The Kier molecular flexibility index (Phi) is 7.87. The number of nitrogens with one attached hydrogen (secondary N) is 3. The van der Waals surface area contributed by atoms with Crippen molar-refractivity contribution in [2.75, 3.05) is 30.9 Å². The van der Waals surface area contributed by atoms with Crippen LogP contribution in [0.25, 0.3) is 11.1 Å². The third-order valence-corrected chi connectivity index (χ3v) is 6.73. The van der Waals surface area contributed by atoms with Gasteiger partial charge in [0.1, 0.15) is 11.6 Å². The van der Waals surface area contributed by atoms with E-state index in [1.165, 1.54) is 18.9 Å². The summed E-state index contributed by atoms with van der Waals surface area (Å²) >= 11 is 6.47. The number of halogens is 2. The van der Waals surface area contributed by atoms with Crippen LogP contribution in [0.3, 0.4) is 0 Å². The Balaban J connectivity index is 1.38. The lowest BCUT2D eigenvalue weighted by Gasteiger charge is -2.32. The van der Waals surface area contributed by atoms with Crippen molar-refractivity contribution in [3.63, 3.8) is 0 Å². The molecule has 2 aliphatic rings. The molecule has 1 aromatic carbocycles. The van der Waals surface area contributed by atoms with Gasteiger partial charge in [-0.3, -0.25) is 0 Å². The minimum absolute atomic E-state index is 0.233. The molecule has 1 atom stereocenters. The highest BCUT2D eigenvalue weighted by Gasteiger charge is 2.23. The van der Waals surface area contributed by atoms with Gasteiger partial charge in [-0.1, -0.05) is 17.7 Å². The molecule has 0 amide bonds. The molecular weight excluding hydrogens is 427 g/mol. The quantitative estimate of drug-likeness (QED) is 0.424. The summed E-state index contributed by atoms with van der Waals surface area (Å²) in [5, 5.41) is 11.0. The Labute approximate surface area is 195 Å². The van der Waals surface area contributed by atoms with E-state index in [9.17, 15) is 4.39 Å². The molecular formula is C25H34ClFN4O. The Morgan fingerprint density at radius 2 is 1.88 bits per heavy atom. The summed E-state index contributed by atoms with van der Waals surface area (Å²) < 4.78 is 19.5. The van der Waals surface area contributed by atoms with Crippen LogP contribution in [0, 0.1) is 11.7 Å². The first-order chi connectivity index (χ1) is 15.5. The standard InChI is InChI=1S/C25H34ClFN4O/c1-16(15-32-2)30-19-6-8-20(9-7-19)31-25-12-21(22(26)14-29-25)18-5-10-23(27)24(11-18)28-13-17-3-4-17/h5,10-12,14,16-17,19-20,28,30H,3-4,6-9,13,15H2,1-2H3,(H,29,31)/t16-,19-,20-/m1/s1. The van der Waals surface area contributed by atoms with Gasteiger partial charge in [-0.15, -0.1) is 0 Å². The molecule has 2 aromatic rings. The van der Waals surface area contributed by atoms with Gasteiger partial charge in [-0.05, 0) is 75.1 Å². The van der Waals surface area contributed by atoms with Gasteiger partial charge in [-0.2, -0.15) is 0 Å². The van der Waals surface area contributed by atoms with E-state index in [2.05, 4.69) is 27.9 Å². The molecule has 32 heavy (non-hydrogen) atoms. The molecule has 7 heteroatoms. The summed E-state index contributed by atoms with van der Waals surface area (Å²) in [6, 6.07) is 8.40. The van der Waals surface area contributed by atoms with E-state index in [-0.39, 0.29) is 5.82 Å². The Hall–Kier alpha value is -1.89. The lowest BCUT2D eigenvalue weighted by atomic mass is 9.90. The Morgan fingerprint density at radius 3 is 2.59 bits per heavy atom.